The summed E-state index contributed by atoms with van der Waals surface area (Å²) in [4.78, 5) is 14.6. The Morgan fingerprint density at radius 2 is 2.20 bits per heavy atom. The molecule has 0 aliphatic carbocycles. The maximum atomic E-state index is 12.6. The van der Waals surface area contributed by atoms with Crippen molar-refractivity contribution < 1.29 is 14.6 Å². The highest BCUT2D eigenvalue weighted by molar-refractivity contribution is 6.00. The second-order valence-electron chi connectivity index (χ2n) is 5.49. The minimum atomic E-state index is -0.238. The molecule has 1 fully saturated rings. The number of carbonyl (C=O) groups is 1. The average Bonchev–Trinajstić information content (AvgIpc) is 2.48. The molecule has 1 heterocycles. The molecule has 0 radical (unpaired) electrons. The number of morpholine rings is 1. The number of hydrogen-bond acceptors (Lipinski definition) is 4. The van der Waals surface area contributed by atoms with Crippen molar-refractivity contribution in [2.75, 3.05) is 26.4 Å². The van der Waals surface area contributed by atoms with Gasteiger partial charge in [0.15, 0.2) is 5.78 Å². The summed E-state index contributed by atoms with van der Waals surface area (Å²) in [5.41, 5.74) is 3.06. The lowest BCUT2D eigenvalue weighted by atomic mass is 9.98. The Morgan fingerprint density at radius 3 is 2.85 bits per heavy atom. The van der Waals surface area contributed by atoms with E-state index in [0.717, 1.165) is 11.1 Å². The van der Waals surface area contributed by atoms with Crippen molar-refractivity contribution in [3.05, 3.63) is 34.9 Å². The van der Waals surface area contributed by atoms with E-state index in [1.807, 2.05) is 43.9 Å². The van der Waals surface area contributed by atoms with Crippen LogP contribution in [0.25, 0.3) is 0 Å². The second-order valence-corrected chi connectivity index (χ2v) is 5.49. The largest absolute Gasteiger partial charge is 0.395 e. The molecule has 0 bridgehead atoms. The van der Waals surface area contributed by atoms with E-state index >= 15 is 0 Å². The molecular formula is C16H23NO3. The fourth-order valence-corrected chi connectivity index (χ4v) is 2.62. The predicted molar refractivity (Wildman–Crippen MR) is 78.1 cm³/mol. The van der Waals surface area contributed by atoms with E-state index in [0.29, 0.717) is 19.8 Å². The van der Waals surface area contributed by atoms with Gasteiger partial charge < -0.3 is 9.84 Å². The van der Waals surface area contributed by atoms with Crippen LogP contribution >= 0.6 is 0 Å². The standard InChI is InChI=1S/C16H23NO3/c1-11-4-5-14(8-12(11)2)16(19)13(3)17-6-7-20-10-15(17)9-18/h4-5,8,13,15,18H,6-7,9-10H2,1-3H3. The molecule has 4 heteroatoms. The Bertz CT molecular complexity index is 487. The van der Waals surface area contributed by atoms with Gasteiger partial charge in [-0.3, -0.25) is 9.69 Å². The maximum absolute atomic E-state index is 12.6. The van der Waals surface area contributed by atoms with Crippen molar-refractivity contribution >= 4 is 5.78 Å². The zero-order valence-electron chi connectivity index (χ0n) is 12.4. The summed E-state index contributed by atoms with van der Waals surface area (Å²) in [6.45, 7) is 7.76. The molecule has 1 aliphatic heterocycles. The molecule has 110 valence electrons. The zero-order chi connectivity index (χ0) is 14.7. The summed E-state index contributed by atoms with van der Waals surface area (Å²) in [7, 11) is 0. The normalized spacial score (nSPS) is 21.7. The number of Topliss-reactive ketones (excluding diaryl/α,β-unsaturated/α-hetero) is 1. The monoisotopic (exact) mass is 277 g/mol. The van der Waals surface area contributed by atoms with Crippen LogP contribution in [0, 0.1) is 13.8 Å². The summed E-state index contributed by atoms with van der Waals surface area (Å²) >= 11 is 0. The fourth-order valence-electron chi connectivity index (χ4n) is 2.62. The molecule has 1 saturated heterocycles. The first-order chi connectivity index (χ1) is 9.54. The Balaban J connectivity index is 2.16. The first-order valence-corrected chi connectivity index (χ1v) is 7.10. The summed E-state index contributed by atoms with van der Waals surface area (Å²) in [6.07, 6.45) is 0. The first kappa shape index (κ1) is 15.2. The van der Waals surface area contributed by atoms with Gasteiger partial charge in [-0.1, -0.05) is 12.1 Å². The molecule has 2 atom stereocenters. The van der Waals surface area contributed by atoms with Crippen LogP contribution in [0.5, 0.6) is 0 Å². The summed E-state index contributed by atoms with van der Waals surface area (Å²) in [5.74, 6) is 0.105. The fraction of sp³-hybridized carbons (Fsp3) is 0.562. The van der Waals surface area contributed by atoms with E-state index in [1.54, 1.807) is 0 Å². The van der Waals surface area contributed by atoms with Crippen LogP contribution in [0.15, 0.2) is 18.2 Å². The molecule has 1 aromatic rings. The highest BCUT2D eigenvalue weighted by Crippen LogP contribution is 2.17. The van der Waals surface area contributed by atoms with Crippen molar-refractivity contribution in [1.82, 2.24) is 4.90 Å². The third kappa shape index (κ3) is 3.08. The van der Waals surface area contributed by atoms with Gasteiger partial charge in [0.1, 0.15) is 0 Å². The van der Waals surface area contributed by atoms with E-state index in [4.69, 9.17) is 4.74 Å². The lowest BCUT2D eigenvalue weighted by molar-refractivity contribution is -0.0390. The van der Waals surface area contributed by atoms with E-state index in [2.05, 4.69) is 0 Å². The van der Waals surface area contributed by atoms with E-state index in [1.165, 1.54) is 5.56 Å². The van der Waals surface area contributed by atoms with Crippen LogP contribution in [0.2, 0.25) is 0 Å². The number of aryl methyl sites for hydroxylation is 2. The highest BCUT2D eigenvalue weighted by Gasteiger charge is 2.30. The van der Waals surface area contributed by atoms with E-state index in [-0.39, 0.29) is 24.5 Å². The molecule has 20 heavy (non-hydrogen) atoms. The SMILES string of the molecule is Cc1ccc(C(=O)C(C)N2CCOCC2CO)cc1C. The Hall–Kier alpha value is -1.23. The van der Waals surface area contributed by atoms with E-state index in [9.17, 15) is 9.90 Å². The lowest BCUT2D eigenvalue weighted by Crippen LogP contribution is -2.53. The Labute approximate surface area is 120 Å². The molecule has 4 nitrogen and oxygen atoms in total. The first-order valence-electron chi connectivity index (χ1n) is 7.10. The molecule has 2 unspecified atom stereocenters. The van der Waals surface area contributed by atoms with Crippen LogP contribution < -0.4 is 0 Å². The van der Waals surface area contributed by atoms with E-state index < -0.39 is 0 Å². The molecule has 1 N–H and O–H groups in total. The minimum absolute atomic E-state index is 0.0184. The number of aliphatic hydroxyl groups is 1. The Morgan fingerprint density at radius 1 is 1.45 bits per heavy atom. The summed E-state index contributed by atoms with van der Waals surface area (Å²) in [6, 6.07) is 5.49. The molecule has 1 aliphatic rings. The van der Waals surface area contributed by atoms with Crippen molar-refractivity contribution in [2.24, 2.45) is 0 Å². The molecule has 0 saturated carbocycles. The predicted octanol–water partition coefficient (Wildman–Crippen LogP) is 1.57. The van der Waals surface area contributed by atoms with Crippen molar-refractivity contribution in [3.8, 4) is 0 Å². The topological polar surface area (TPSA) is 49.8 Å². The molecule has 0 aromatic heterocycles. The van der Waals surface area contributed by atoms with Gasteiger partial charge in [-0.25, -0.2) is 0 Å². The highest BCUT2D eigenvalue weighted by atomic mass is 16.5. The van der Waals surface area contributed by atoms with Crippen LogP contribution in [-0.4, -0.2) is 54.2 Å². The zero-order valence-corrected chi connectivity index (χ0v) is 12.4. The number of aliphatic hydroxyl groups excluding tert-OH is 1. The summed E-state index contributed by atoms with van der Waals surface area (Å²) in [5, 5.41) is 9.41. The van der Waals surface area contributed by atoms with Gasteiger partial charge in [-0.15, -0.1) is 0 Å². The molecular weight excluding hydrogens is 254 g/mol. The van der Waals surface area contributed by atoms with Gasteiger partial charge in [-0.2, -0.15) is 0 Å². The Kier molecular flexibility index (Phi) is 4.91. The number of ketones is 1. The van der Waals surface area contributed by atoms with Crippen molar-refractivity contribution in [2.45, 2.75) is 32.9 Å². The molecule has 2 rings (SSSR count). The van der Waals surface area contributed by atoms with Gasteiger partial charge in [0.2, 0.25) is 0 Å². The molecule has 1 aromatic carbocycles. The van der Waals surface area contributed by atoms with Crippen LogP contribution in [0.4, 0.5) is 0 Å². The number of ether oxygens (including phenoxy) is 1. The number of rotatable bonds is 4. The smallest absolute Gasteiger partial charge is 0.179 e. The number of hydrogen-bond donors (Lipinski definition) is 1. The third-order valence-corrected chi connectivity index (χ3v) is 4.15. The second kappa shape index (κ2) is 6.48. The van der Waals surface area contributed by atoms with Gasteiger partial charge in [0, 0.05) is 12.1 Å². The number of benzene rings is 1. The quantitative estimate of drug-likeness (QED) is 0.849. The third-order valence-electron chi connectivity index (χ3n) is 4.15. The number of carbonyl (C=O) groups excluding carboxylic acids is 1. The van der Waals surface area contributed by atoms with Gasteiger partial charge in [0.25, 0.3) is 0 Å². The summed E-state index contributed by atoms with van der Waals surface area (Å²) < 4.78 is 5.36. The molecule has 0 amide bonds. The van der Waals surface area contributed by atoms with Crippen LogP contribution in [-0.2, 0) is 4.74 Å². The van der Waals surface area contributed by atoms with Gasteiger partial charge >= 0.3 is 0 Å². The molecule has 0 spiro atoms. The van der Waals surface area contributed by atoms with Gasteiger partial charge in [-0.05, 0) is 38.0 Å². The van der Waals surface area contributed by atoms with Crippen LogP contribution in [0.1, 0.15) is 28.4 Å². The van der Waals surface area contributed by atoms with Crippen molar-refractivity contribution in [1.29, 1.82) is 0 Å². The maximum Gasteiger partial charge on any atom is 0.179 e. The van der Waals surface area contributed by atoms with Crippen molar-refractivity contribution in [3.63, 3.8) is 0 Å². The lowest BCUT2D eigenvalue weighted by Gasteiger charge is -2.38. The average molecular weight is 277 g/mol. The minimum Gasteiger partial charge on any atom is -0.395 e. The number of nitrogens with zero attached hydrogens (tertiary/aromatic N) is 1. The van der Waals surface area contributed by atoms with Gasteiger partial charge in [0.05, 0.1) is 31.9 Å². The van der Waals surface area contributed by atoms with Crippen LogP contribution in [0.3, 0.4) is 0 Å².